The van der Waals surface area contributed by atoms with E-state index in [2.05, 4.69) is 14.8 Å². The molecule has 0 atom stereocenters. The highest BCUT2D eigenvalue weighted by Gasteiger charge is 2.25. The summed E-state index contributed by atoms with van der Waals surface area (Å²) in [7, 11) is 0. The molecule has 0 spiro atoms. The summed E-state index contributed by atoms with van der Waals surface area (Å²) in [6.07, 6.45) is 0.826. The van der Waals surface area contributed by atoms with E-state index in [-0.39, 0.29) is 6.79 Å². The predicted molar refractivity (Wildman–Crippen MR) is 105 cm³/mol. The van der Waals surface area contributed by atoms with Crippen molar-refractivity contribution in [2.75, 3.05) is 50.3 Å². The molecule has 9 heteroatoms. The Bertz CT molecular complexity index is 904. The minimum atomic E-state index is 0.243. The zero-order chi connectivity index (χ0) is 19.1. The SMILES string of the molecule is Nc1nc(N2CCOCC2)nc2c1CCN(Cc1cc3c(cc1Cl)OCO3)C2. The number of hydrogen-bond acceptors (Lipinski definition) is 8. The van der Waals surface area contributed by atoms with Crippen LogP contribution in [0.25, 0.3) is 0 Å². The van der Waals surface area contributed by atoms with Crippen molar-refractivity contribution in [2.45, 2.75) is 19.5 Å². The molecule has 0 saturated carbocycles. The fourth-order valence-electron chi connectivity index (χ4n) is 3.86. The van der Waals surface area contributed by atoms with Gasteiger partial charge in [0, 0.05) is 49.4 Å². The monoisotopic (exact) mass is 403 g/mol. The van der Waals surface area contributed by atoms with Gasteiger partial charge >= 0.3 is 0 Å². The van der Waals surface area contributed by atoms with Crippen LogP contribution in [0.15, 0.2) is 12.1 Å². The number of fused-ring (bicyclic) bond motifs is 2. The number of hydrogen-bond donors (Lipinski definition) is 1. The Balaban J connectivity index is 1.36. The minimum Gasteiger partial charge on any atom is -0.454 e. The number of aromatic nitrogens is 2. The van der Waals surface area contributed by atoms with Gasteiger partial charge in [0.2, 0.25) is 12.7 Å². The molecule has 0 radical (unpaired) electrons. The average molecular weight is 404 g/mol. The van der Waals surface area contributed by atoms with Gasteiger partial charge in [-0.2, -0.15) is 4.98 Å². The van der Waals surface area contributed by atoms with E-state index in [0.29, 0.717) is 48.8 Å². The first-order chi connectivity index (χ1) is 13.7. The van der Waals surface area contributed by atoms with E-state index in [9.17, 15) is 0 Å². The summed E-state index contributed by atoms with van der Waals surface area (Å²) >= 11 is 6.45. The van der Waals surface area contributed by atoms with Crippen LogP contribution in [0.2, 0.25) is 5.02 Å². The van der Waals surface area contributed by atoms with E-state index in [1.165, 1.54) is 0 Å². The number of halogens is 1. The number of nitrogen functional groups attached to an aromatic ring is 1. The van der Waals surface area contributed by atoms with Crippen molar-refractivity contribution in [1.29, 1.82) is 0 Å². The smallest absolute Gasteiger partial charge is 0.231 e. The van der Waals surface area contributed by atoms with Gasteiger partial charge in [-0.1, -0.05) is 11.6 Å². The Morgan fingerprint density at radius 1 is 1.07 bits per heavy atom. The summed E-state index contributed by atoms with van der Waals surface area (Å²) in [4.78, 5) is 13.8. The lowest BCUT2D eigenvalue weighted by atomic mass is 10.0. The summed E-state index contributed by atoms with van der Waals surface area (Å²) < 4.78 is 16.3. The van der Waals surface area contributed by atoms with E-state index in [1.807, 2.05) is 12.1 Å². The highest BCUT2D eigenvalue weighted by molar-refractivity contribution is 6.31. The lowest BCUT2D eigenvalue weighted by molar-refractivity contribution is 0.122. The number of morpholine rings is 1. The number of rotatable bonds is 3. The fourth-order valence-corrected chi connectivity index (χ4v) is 4.07. The van der Waals surface area contributed by atoms with E-state index in [0.717, 1.165) is 48.6 Å². The molecule has 1 fully saturated rings. The Kier molecular flexibility index (Phi) is 4.62. The van der Waals surface area contributed by atoms with Crippen molar-refractivity contribution in [3.63, 3.8) is 0 Å². The number of nitrogens with two attached hydrogens (primary N) is 1. The van der Waals surface area contributed by atoms with Gasteiger partial charge in [0.1, 0.15) is 5.82 Å². The molecule has 3 aliphatic rings. The summed E-state index contributed by atoms with van der Waals surface area (Å²) in [6.45, 7) is 5.50. The maximum atomic E-state index is 6.45. The molecule has 8 nitrogen and oxygen atoms in total. The molecule has 148 valence electrons. The van der Waals surface area contributed by atoms with Crippen molar-refractivity contribution in [1.82, 2.24) is 14.9 Å². The molecule has 4 heterocycles. The van der Waals surface area contributed by atoms with Crippen molar-refractivity contribution in [3.05, 3.63) is 34.0 Å². The molecule has 0 amide bonds. The molecule has 0 unspecified atom stereocenters. The first-order valence-corrected chi connectivity index (χ1v) is 9.83. The topological polar surface area (TPSA) is 86.0 Å². The van der Waals surface area contributed by atoms with Crippen LogP contribution < -0.4 is 20.1 Å². The van der Waals surface area contributed by atoms with Crippen molar-refractivity contribution in [2.24, 2.45) is 0 Å². The van der Waals surface area contributed by atoms with Crippen molar-refractivity contribution in [3.8, 4) is 11.5 Å². The van der Waals surface area contributed by atoms with Crippen LogP contribution in [0, 0.1) is 0 Å². The maximum absolute atomic E-state index is 6.45. The first-order valence-electron chi connectivity index (χ1n) is 9.46. The predicted octanol–water partition coefficient (Wildman–Crippen LogP) is 1.84. The second-order valence-electron chi connectivity index (χ2n) is 7.19. The van der Waals surface area contributed by atoms with E-state index >= 15 is 0 Å². The molecule has 5 rings (SSSR count). The van der Waals surface area contributed by atoms with Crippen molar-refractivity contribution < 1.29 is 14.2 Å². The molecular weight excluding hydrogens is 382 g/mol. The quantitative estimate of drug-likeness (QED) is 0.830. The average Bonchev–Trinajstić information content (AvgIpc) is 3.15. The molecule has 28 heavy (non-hydrogen) atoms. The van der Waals surface area contributed by atoms with Gasteiger partial charge in [0.05, 0.1) is 18.9 Å². The molecule has 1 saturated heterocycles. The lowest BCUT2D eigenvalue weighted by Gasteiger charge is -2.31. The summed E-state index contributed by atoms with van der Waals surface area (Å²) in [5, 5.41) is 0.686. The largest absolute Gasteiger partial charge is 0.454 e. The van der Waals surface area contributed by atoms with Gasteiger partial charge < -0.3 is 24.8 Å². The number of ether oxygens (including phenoxy) is 3. The van der Waals surface area contributed by atoms with E-state index < -0.39 is 0 Å². The van der Waals surface area contributed by atoms with Gasteiger partial charge in [-0.25, -0.2) is 4.98 Å². The molecule has 0 bridgehead atoms. The molecular formula is C19H22ClN5O3. The maximum Gasteiger partial charge on any atom is 0.231 e. The highest BCUT2D eigenvalue weighted by atomic mass is 35.5. The number of nitrogens with zero attached hydrogens (tertiary/aromatic N) is 4. The third kappa shape index (κ3) is 3.32. The van der Waals surface area contributed by atoms with Crippen LogP contribution in [0.1, 0.15) is 16.8 Å². The molecule has 2 N–H and O–H groups in total. The van der Waals surface area contributed by atoms with Crippen LogP contribution in [-0.4, -0.2) is 54.5 Å². The minimum absolute atomic E-state index is 0.243. The van der Waals surface area contributed by atoms with E-state index in [4.69, 9.17) is 36.5 Å². The Morgan fingerprint density at radius 3 is 2.68 bits per heavy atom. The third-order valence-corrected chi connectivity index (χ3v) is 5.75. The fraction of sp³-hybridized carbons (Fsp3) is 0.474. The Hall–Kier alpha value is -2.29. The van der Waals surface area contributed by atoms with E-state index in [1.54, 1.807) is 0 Å². The van der Waals surface area contributed by atoms with Crippen LogP contribution in [0.3, 0.4) is 0 Å². The Morgan fingerprint density at radius 2 is 1.86 bits per heavy atom. The lowest BCUT2D eigenvalue weighted by Crippen LogP contribution is -2.38. The second-order valence-corrected chi connectivity index (χ2v) is 7.60. The number of benzene rings is 1. The van der Waals surface area contributed by atoms with Crippen LogP contribution in [-0.2, 0) is 24.2 Å². The molecule has 0 aliphatic carbocycles. The van der Waals surface area contributed by atoms with Gasteiger partial charge in [0.25, 0.3) is 0 Å². The summed E-state index contributed by atoms with van der Waals surface area (Å²) in [6, 6.07) is 3.79. The number of anilines is 2. The summed E-state index contributed by atoms with van der Waals surface area (Å²) in [5.41, 5.74) is 9.33. The van der Waals surface area contributed by atoms with Gasteiger partial charge in [-0.05, 0) is 18.1 Å². The third-order valence-electron chi connectivity index (χ3n) is 5.39. The molecule has 1 aromatic heterocycles. The standard InChI is InChI=1S/C19H22ClN5O3/c20-14-8-17-16(27-11-28-17)7-12(14)9-24-2-1-13-15(10-24)22-19(23-18(13)21)25-3-5-26-6-4-25/h7-8H,1-6,9-11H2,(H2,21,22,23). The van der Waals surface area contributed by atoms with Crippen LogP contribution in [0.5, 0.6) is 11.5 Å². The van der Waals surface area contributed by atoms with Crippen LogP contribution >= 0.6 is 11.6 Å². The van der Waals surface area contributed by atoms with Gasteiger partial charge in [0.15, 0.2) is 11.5 Å². The van der Waals surface area contributed by atoms with Gasteiger partial charge in [-0.15, -0.1) is 0 Å². The molecule has 3 aliphatic heterocycles. The highest BCUT2D eigenvalue weighted by Crippen LogP contribution is 2.37. The van der Waals surface area contributed by atoms with Crippen molar-refractivity contribution >= 4 is 23.4 Å². The van der Waals surface area contributed by atoms with Crippen LogP contribution in [0.4, 0.5) is 11.8 Å². The molecule has 1 aromatic carbocycles. The van der Waals surface area contributed by atoms with Gasteiger partial charge in [-0.3, -0.25) is 4.90 Å². The summed E-state index contributed by atoms with van der Waals surface area (Å²) in [5.74, 6) is 2.74. The Labute approximate surface area is 168 Å². The zero-order valence-electron chi connectivity index (χ0n) is 15.5. The first kappa shape index (κ1) is 17.8. The second kappa shape index (κ2) is 7.27. The zero-order valence-corrected chi connectivity index (χ0v) is 16.2. The normalized spacial score (nSPS) is 19.0. The molecule has 2 aromatic rings.